The van der Waals surface area contributed by atoms with Crippen LogP contribution in [-0.2, 0) is 20.5 Å². The lowest BCUT2D eigenvalue weighted by atomic mass is 9.78. The molecule has 1 aromatic carbocycles. The molecule has 1 unspecified atom stereocenters. The van der Waals surface area contributed by atoms with Crippen molar-refractivity contribution in [2.75, 3.05) is 6.61 Å². The minimum Gasteiger partial charge on any atom is -0.478 e. The minimum absolute atomic E-state index is 0. The number of alkyl halides is 3. The van der Waals surface area contributed by atoms with E-state index in [4.69, 9.17) is 4.74 Å². The number of rotatable bonds is 4. The number of carbonyl (C=O) groups is 2. The Balaban J connectivity index is 0.00000392. The molecule has 1 atom stereocenters. The van der Waals surface area contributed by atoms with E-state index < -0.39 is 46.3 Å². The maximum absolute atomic E-state index is 13.5. The average molecular weight is 417 g/mol. The van der Waals surface area contributed by atoms with Gasteiger partial charge in [-0.3, -0.25) is 0 Å². The molecule has 150 valence electrons. The van der Waals surface area contributed by atoms with Crippen LogP contribution in [0.2, 0.25) is 0 Å². The molecule has 0 aromatic heterocycles. The van der Waals surface area contributed by atoms with Crippen LogP contribution >= 0.6 is 12.4 Å². The first-order valence-electron chi connectivity index (χ1n) is 7.82. The fourth-order valence-corrected chi connectivity index (χ4v) is 2.95. The van der Waals surface area contributed by atoms with E-state index in [2.05, 4.69) is 5.32 Å². The second-order valence-electron chi connectivity index (χ2n) is 5.61. The highest BCUT2D eigenvalue weighted by Gasteiger charge is 2.43. The topological polar surface area (TPSA) is 99.4 Å². The third-order valence-corrected chi connectivity index (χ3v) is 3.98. The lowest BCUT2D eigenvalue weighted by Crippen LogP contribution is -2.33. The molecule has 6 nitrogen and oxygen atoms in total. The summed E-state index contributed by atoms with van der Waals surface area (Å²) in [4.78, 5) is 24.2. The monoisotopic (exact) mass is 416 g/mol. The Hall–Kier alpha value is -2.99. The van der Waals surface area contributed by atoms with Crippen molar-refractivity contribution < 1.29 is 32.6 Å². The van der Waals surface area contributed by atoms with Gasteiger partial charge in [0.1, 0.15) is 11.8 Å². The van der Waals surface area contributed by atoms with Gasteiger partial charge >= 0.3 is 18.1 Å². The predicted octanol–water partition coefficient (Wildman–Crippen LogP) is 3.51. The van der Waals surface area contributed by atoms with E-state index in [1.54, 1.807) is 6.07 Å². The summed E-state index contributed by atoms with van der Waals surface area (Å²) in [6.07, 6.45) is -4.79. The number of dihydropyridines is 1. The predicted molar refractivity (Wildman–Crippen MR) is 94.2 cm³/mol. The van der Waals surface area contributed by atoms with Crippen LogP contribution in [0.25, 0.3) is 0 Å². The normalized spacial score (nSPS) is 16.6. The Kier molecular flexibility index (Phi) is 7.24. The van der Waals surface area contributed by atoms with Crippen molar-refractivity contribution in [2.24, 2.45) is 0 Å². The van der Waals surface area contributed by atoms with Crippen molar-refractivity contribution in [3.05, 3.63) is 57.9 Å². The number of allylic oxidation sites excluding steroid dienone is 2. The Bertz CT molecular complexity index is 901. The number of carbonyl (C=O) groups excluding carboxylic acids is 1. The largest absolute Gasteiger partial charge is 0.478 e. The number of benzene rings is 1. The van der Waals surface area contributed by atoms with Gasteiger partial charge < -0.3 is 15.2 Å². The lowest BCUT2D eigenvalue weighted by molar-refractivity contribution is -0.141. The van der Waals surface area contributed by atoms with Crippen LogP contribution in [0.1, 0.15) is 30.9 Å². The van der Waals surface area contributed by atoms with Crippen LogP contribution in [0, 0.1) is 11.3 Å². The third-order valence-electron chi connectivity index (χ3n) is 3.98. The van der Waals surface area contributed by atoms with Crippen molar-refractivity contribution in [2.45, 2.75) is 25.9 Å². The van der Waals surface area contributed by atoms with E-state index in [-0.39, 0.29) is 30.4 Å². The average Bonchev–Trinajstić information content (AvgIpc) is 2.59. The molecule has 1 aliphatic heterocycles. The van der Waals surface area contributed by atoms with Crippen molar-refractivity contribution >= 4 is 24.3 Å². The molecule has 0 saturated heterocycles. The molecule has 0 spiro atoms. The zero-order valence-electron chi connectivity index (χ0n) is 14.8. The highest BCUT2D eigenvalue weighted by Crippen LogP contribution is 2.44. The number of nitrogens with one attached hydrogen (secondary N) is 1. The van der Waals surface area contributed by atoms with Gasteiger partial charge in [-0.25, -0.2) is 9.59 Å². The fourth-order valence-electron chi connectivity index (χ4n) is 2.95. The third kappa shape index (κ3) is 4.28. The van der Waals surface area contributed by atoms with E-state index in [1.807, 2.05) is 0 Å². The number of halogens is 4. The molecule has 1 heterocycles. The van der Waals surface area contributed by atoms with E-state index in [9.17, 15) is 33.1 Å². The summed E-state index contributed by atoms with van der Waals surface area (Å²) in [5, 5.41) is 21.4. The van der Waals surface area contributed by atoms with Gasteiger partial charge in [0.2, 0.25) is 0 Å². The van der Waals surface area contributed by atoms with Crippen LogP contribution in [0.3, 0.4) is 0 Å². The molecule has 1 aliphatic rings. The van der Waals surface area contributed by atoms with Crippen LogP contribution in [0.15, 0.2) is 46.8 Å². The summed E-state index contributed by atoms with van der Waals surface area (Å²) in [5.41, 5.74) is -2.86. The number of hydrogen-bond acceptors (Lipinski definition) is 5. The Morgan fingerprint density at radius 2 is 1.89 bits per heavy atom. The van der Waals surface area contributed by atoms with Crippen LogP contribution in [0.4, 0.5) is 13.2 Å². The first-order valence-corrected chi connectivity index (χ1v) is 7.82. The number of aliphatic carboxylic acids is 1. The number of carboxylic acids is 1. The number of nitrogens with zero attached hydrogens (tertiary/aromatic N) is 1. The Morgan fingerprint density at radius 3 is 2.39 bits per heavy atom. The van der Waals surface area contributed by atoms with Crippen molar-refractivity contribution in [3.8, 4) is 6.07 Å². The summed E-state index contributed by atoms with van der Waals surface area (Å²) < 4.78 is 45.4. The summed E-state index contributed by atoms with van der Waals surface area (Å²) in [6, 6.07) is 6.04. The standard InChI is InChI=1S/C18H15F3N2O4.ClH/c1-3-27-17(26)15-12(8-22)23-9(2)13(16(24)25)14(15)10-6-4-5-7-11(10)18(19,20)21;/h4-7,14,23H,3H2,1-2H3,(H,24,25);1H. The minimum atomic E-state index is -4.79. The van der Waals surface area contributed by atoms with E-state index in [0.29, 0.717) is 0 Å². The van der Waals surface area contributed by atoms with Gasteiger partial charge in [-0.05, 0) is 25.5 Å². The molecule has 1 aromatic rings. The quantitative estimate of drug-likeness (QED) is 0.729. The second-order valence-corrected chi connectivity index (χ2v) is 5.61. The second kappa shape index (κ2) is 8.80. The van der Waals surface area contributed by atoms with Crippen LogP contribution < -0.4 is 5.32 Å². The van der Waals surface area contributed by atoms with Gasteiger partial charge in [0.25, 0.3) is 0 Å². The summed E-state index contributed by atoms with van der Waals surface area (Å²) in [7, 11) is 0. The number of carboxylic acid groups (broad SMARTS) is 1. The number of nitriles is 1. The first-order chi connectivity index (χ1) is 12.6. The highest BCUT2D eigenvalue weighted by molar-refractivity contribution is 6.00. The van der Waals surface area contributed by atoms with Gasteiger partial charge in [-0.1, -0.05) is 18.2 Å². The molecule has 0 saturated carbocycles. The fraction of sp³-hybridized carbons (Fsp3) is 0.278. The van der Waals surface area contributed by atoms with Crippen LogP contribution in [0.5, 0.6) is 0 Å². The first kappa shape index (κ1) is 23.0. The van der Waals surface area contributed by atoms with Crippen molar-refractivity contribution in [3.63, 3.8) is 0 Å². The summed E-state index contributed by atoms with van der Waals surface area (Å²) >= 11 is 0. The Labute approximate surface area is 164 Å². The molecule has 28 heavy (non-hydrogen) atoms. The van der Waals surface area contributed by atoms with Crippen LogP contribution in [-0.4, -0.2) is 23.7 Å². The molecule has 10 heteroatoms. The molecule has 0 aliphatic carbocycles. The lowest BCUT2D eigenvalue weighted by Gasteiger charge is -2.30. The van der Waals surface area contributed by atoms with Gasteiger partial charge in [0, 0.05) is 5.70 Å². The molecule has 2 N–H and O–H groups in total. The molecular formula is C18H16ClF3N2O4. The van der Waals surface area contributed by atoms with Gasteiger partial charge in [-0.2, -0.15) is 18.4 Å². The van der Waals surface area contributed by atoms with Gasteiger partial charge in [0.15, 0.2) is 0 Å². The molecule has 2 rings (SSSR count). The van der Waals surface area contributed by atoms with E-state index >= 15 is 0 Å². The van der Waals surface area contributed by atoms with E-state index in [0.717, 1.165) is 18.2 Å². The smallest absolute Gasteiger partial charge is 0.416 e. The molecule has 0 radical (unpaired) electrons. The summed E-state index contributed by atoms with van der Waals surface area (Å²) in [6.45, 7) is 2.70. The van der Waals surface area contributed by atoms with Gasteiger partial charge in [-0.15, -0.1) is 12.4 Å². The maximum Gasteiger partial charge on any atom is 0.416 e. The maximum atomic E-state index is 13.5. The summed E-state index contributed by atoms with van der Waals surface area (Å²) in [5.74, 6) is -4.19. The molecular weight excluding hydrogens is 401 g/mol. The zero-order valence-corrected chi connectivity index (χ0v) is 15.6. The number of esters is 1. The van der Waals surface area contributed by atoms with E-state index in [1.165, 1.54) is 19.9 Å². The van der Waals surface area contributed by atoms with Gasteiger partial charge in [0.05, 0.1) is 29.2 Å². The highest BCUT2D eigenvalue weighted by atomic mass is 35.5. The number of hydrogen-bond donors (Lipinski definition) is 2. The number of ether oxygens (including phenoxy) is 1. The molecule has 0 bridgehead atoms. The Morgan fingerprint density at radius 1 is 1.29 bits per heavy atom. The molecule has 0 amide bonds. The molecule has 0 fully saturated rings. The van der Waals surface area contributed by atoms with Crippen molar-refractivity contribution in [1.82, 2.24) is 5.32 Å². The van der Waals surface area contributed by atoms with Crippen molar-refractivity contribution in [1.29, 1.82) is 5.26 Å². The zero-order chi connectivity index (χ0) is 20.4. The SMILES string of the molecule is CCOC(=O)C1=C(C#N)NC(C)=C(C(=O)O)C1c1ccccc1C(F)(F)F.Cl.